The molecule has 17 heavy (non-hydrogen) atoms. The van der Waals surface area contributed by atoms with E-state index in [-0.39, 0.29) is 0 Å². The van der Waals surface area contributed by atoms with Gasteiger partial charge in [0.1, 0.15) is 0 Å². The Balaban J connectivity index is 1.99. The minimum absolute atomic E-state index is 0.408. The van der Waals surface area contributed by atoms with Gasteiger partial charge in [-0.1, -0.05) is 26.7 Å². The summed E-state index contributed by atoms with van der Waals surface area (Å²) in [6, 6.07) is 2.18. The van der Waals surface area contributed by atoms with Crippen LogP contribution in [0, 0.1) is 11.8 Å². The smallest absolute Gasteiger partial charge is 0.0681 e. The molecule has 2 heteroatoms. The van der Waals surface area contributed by atoms with Gasteiger partial charge < -0.3 is 5.11 Å². The van der Waals surface area contributed by atoms with Crippen LogP contribution in [0.15, 0.2) is 16.8 Å². The summed E-state index contributed by atoms with van der Waals surface area (Å²) in [5.74, 6) is 1.10. The second-order valence-corrected chi connectivity index (χ2v) is 6.61. The summed E-state index contributed by atoms with van der Waals surface area (Å²) in [7, 11) is 0. The van der Waals surface area contributed by atoms with E-state index in [1.165, 1.54) is 24.8 Å². The van der Waals surface area contributed by atoms with Gasteiger partial charge >= 0.3 is 0 Å². The van der Waals surface area contributed by atoms with Gasteiger partial charge in [-0.05, 0) is 59.9 Å². The van der Waals surface area contributed by atoms with Crippen LogP contribution in [0.4, 0.5) is 0 Å². The molecule has 0 amide bonds. The van der Waals surface area contributed by atoms with Gasteiger partial charge in [0, 0.05) is 0 Å². The number of rotatable bonds is 4. The largest absolute Gasteiger partial charge is 0.390 e. The van der Waals surface area contributed by atoms with Gasteiger partial charge in [0.05, 0.1) is 5.60 Å². The molecule has 0 radical (unpaired) electrons. The van der Waals surface area contributed by atoms with E-state index in [1.54, 1.807) is 11.3 Å². The average Bonchev–Trinajstić information content (AvgIpc) is 2.79. The van der Waals surface area contributed by atoms with Crippen LogP contribution in [-0.4, -0.2) is 10.7 Å². The summed E-state index contributed by atoms with van der Waals surface area (Å²) in [6.45, 7) is 4.51. The lowest BCUT2D eigenvalue weighted by Crippen LogP contribution is -2.43. The van der Waals surface area contributed by atoms with Crippen LogP contribution in [0.1, 0.15) is 51.5 Å². The Morgan fingerprint density at radius 3 is 2.94 bits per heavy atom. The van der Waals surface area contributed by atoms with Crippen molar-refractivity contribution in [3.05, 3.63) is 22.4 Å². The molecule has 2 atom stereocenters. The molecule has 1 saturated carbocycles. The van der Waals surface area contributed by atoms with Crippen molar-refractivity contribution < 1.29 is 5.11 Å². The monoisotopic (exact) mass is 252 g/mol. The summed E-state index contributed by atoms with van der Waals surface area (Å²) >= 11 is 1.75. The summed E-state index contributed by atoms with van der Waals surface area (Å²) in [4.78, 5) is 0. The fourth-order valence-corrected chi connectivity index (χ4v) is 4.01. The quantitative estimate of drug-likeness (QED) is 0.849. The highest BCUT2D eigenvalue weighted by atomic mass is 32.1. The highest BCUT2D eigenvalue weighted by molar-refractivity contribution is 7.07. The molecule has 0 saturated heterocycles. The Morgan fingerprint density at radius 1 is 1.47 bits per heavy atom. The Bertz CT molecular complexity index is 331. The summed E-state index contributed by atoms with van der Waals surface area (Å²) < 4.78 is 0. The van der Waals surface area contributed by atoms with Crippen LogP contribution >= 0.6 is 11.3 Å². The molecule has 2 rings (SSSR count). The van der Waals surface area contributed by atoms with Crippen molar-refractivity contribution >= 4 is 11.3 Å². The van der Waals surface area contributed by atoms with Crippen molar-refractivity contribution in [2.75, 3.05) is 0 Å². The predicted octanol–water partition coefficient (Wildman–Crippen LogP) is 4.26. The molecular formula is C15H24OS. The lowest BCUT2D eigenvalue weighted by Gasteiger charge is -2.42. The molecule has 1 aliphatic carbocycles. The number of hydrogen-bond donors (Lipinski definition) is 1. The lowest BCUT2D eigenvalue weighted by atomic mass is 9.68. The Labute approximate surface area is 109 Å². The maximum Gasteiger partial charge on any atom is 0.0681 e. The van der Waals surface area contributed by atoms with Crippen LogP contribution in [0.5, 0.6) is 0 Å². The minimum atomic E-state index is -0.408. The second kappa shape index (κ2) is 5.53. The van der Waals surface area contributed by atoms with Crippen LogP contribution < -0.4 is 0 Å². The second-order valence-electron chi connectivity index (χ2n) is 5.83. The minimum Gasteiger partial charge on any atom is -0.390 e. The van der Waals surface area contributed by atoms with E-state index in [0.29, 0.717) is 11.8 Å². The third-order valence-electron chi connectivity index (χ3n) is 4.30. The molecule has 1 N–H and O–H groups in total. The number of hydrogen-bond acceptors (Lipinski definition) is 2. The molecule has 96 valence electrons. The maximum absolute atomic E-state index is 10.9. The number of thiophene rings is 1. The van der Waals surface area contributed by atoms with E-state index in [2.05, 4.69) is 30.7 Å². The molecule has 0 aliphatic heterocycles. The number of aliphatic hydroxyl groups is 1. The SMILES string of the molecule is CC(C)C1CCCCC1(O)CCc1ccsc1. The first-order valence-corrected chi connectivity index (χ1v) is 7.79. The van der Waals surface area contributed by atoms with Gasteiger partial charge in [0.2, 0.25) is 0 Å². The molecule has 1 aliphatic rings. The van der Waals surface area contributed by atoms with Crippen molar-refractivity contribution in [2.24, 2.45) is 11.8 Å². The van der Waals surface area contributed by atoms with Gasteiger partial charge in [-0.2, -0.15) is 11.3 Å². The van der Waals surface area contributed by atoms with Gasteiger partial charge in [-0.15, -0.1) is 0 Å². The third kappa shape index (κ3) is 3.11. The average molecular weight is 252 g/mol. The first-order chi connectivity index (χ1) is 8.12. The number of aryl methyl sites for hydroxylation is 1. The molecule has 0 aromatic carbocycles. The third-order valence-corrected chi connectivity index (χ3v) is 5.03. The normalized spacial score (nSPS) is 29.8. The van der Waals surface area contributed by atoms with Gasteiger partial charge in [0.15, 0.2) is 0 Å². The van der Waals surface area contributed by atoms with E-state index in [1.807, 2.05) is 0 Å². The molecule has 1 fully saturated rings. The first kappa shape index (κ1) is 13.1. The summed E-state index contributed by atoms with van der Waals surface area (Å²) in [5.41, 5.74) is 0.977. The fraction of sp³-hybridized carbons (Fsp3) is 0.733. The standard InChI is InChI=1S/C15H24OS/c1-12(2)14-5-3-4-8-15(14,16)9-6-13-7-10-17-11-13/h7,10-12,14,16H,3-6,8-9H2,1-2H3. The molecular weight excluding hydrogens is 228 g/mol. The van der Waals surface area contributed by atoms with Crippen LogP contribution in [0.25, 0.3) is 0 Å². The Hall–Kier alpha value is -0.340. The highest BCUT2D eigenvalue weighted by Gasteiger charge is 2.39. The maximum atomic E-state index is 10.9. The zero-order valence-electron chi connectivity index (χ0n) is 11.0. The van der Waals surface area contributed by atoms with E-state index >= 15 is 0 Å². The highest BCUT2D eigenvalue weighted by Crippen LogP contribution is 2.41. The van der Waals surface area contributed by atoms with Crippen molar-refractivity contribution in [3.8, 4) is 0 Å². The van der Waals surface area contributed by atoms with E-state index in [9.17, 15) is 5.11 Å². The molecule has 1 aromatic heterocycles. The van der Waals surface area contributed by atoms with Gasteiger partial charge in [-0.25, -0.2) is 0 Å². The van der Waals surface area contributed by atoms with Crippen LogP contribution in [0.3, 0.4) is 0 Å². The van der Waals surface area contributed by atoms with E-state index < -0.39 is 5.60 Å². The summed E-state index contributed by atoms with van der Waals surface area (Å²) in [5, 5.41) is 15.2. The molecule has 1 heterocycles. The van der Waals surface area contributed by atoms with E-state index in [4.69, 9.17) is 0 Å². The van der Waals surface area contributed by atoms with Crippen molar-refractivity contribution in [3.63, 3.8) is 0 Å². The molecule has 1 nitrogen and oxygen atoms in total. The van der Waals surface area contributed by atoms with Gasteiger partial charge in [-0.3, -0.25) is 0 Å². The Kier molecular flexibility index (Phi) is 4.26. The zero-order chi connectivity index (χ0) is 12.3. The molecule has 0 bridgehead atoms. The fourth-order valence-electron chi connectivity index (χ4n) is 3.31. The molecule has 2 unspecified atom stereocenters. The Morgan fingerprint density at radius 2 is 2.29 bits per heavy atom. The van der Waals surface area contributed by atoms with Crippen molar-refractivity contribution in [1.29, 1.82) is 0 Å². The van der Waals surface area contributed by atoms with Gasteiger partial charge in [0.25, 0.3) is 0 Å². The first-order valence-electron chi connectivity index (χ1n) is 6.85. The van der Waals surface area contributed by atoms with Crippen molar-refractivity contribution in [2.45, 2.75) is 58.0 Å². The molecule has 1 aromatic rings. The summed E-state index contributed by atoms with van der Waals surface area (Å²) in [6.07, 6.45) is 6.67. The topological polar surface area (TPSA) is 20.2 Å². The predicted molar refractivity (Wildman–Crippen MR) is 74.4 cm³/mol. The zero-order valence-corrected chi connectivity index (χ0v) is 11.8. The van der Waals surface area contributed by atoms with Crippen molar-refractivity contribution in [1.82, 2.24) is 0 Å². The van der Waals surface area contributed by atoms with Crippen LogP contribution in [0.2, 0.25) is 0 Å². The lowest BCUT2D eigenvalue weighted by molar-refractivity contribution is -0.0716. The van der Waals surface area contributed by atoms with E-state index in [0.717, 1.165) is 19.3 Å². The molecule has 0 spiro atoms. The van der Waals surface area contributed by atoms with Crippen LogP contribution in [-0.2, 0) is 6.42 Å².